The van der Waals surface area contributed by atoms with Crippen molar-refractivity contribution >= 4 is 5.78 Å². The molecule has 0 radical (unpaired) electrons. The highest BCUT2D eigenvalue weighted by Crippen LogP contribution is 2.23. The van der Waals surface area contributed by atoms with Crippen LogP contribution < -0.4 is 0 Å². The second kappa shape index (κ2) is 5.05. The highest BCUT2D eigenvalue weighted by atomic mass is 16.5. The lowest BCUT2D eigenvalue weighted by Gasteiger charge is -2.12. The number of carbonyl (C=O) groups is 1. The normalized spacial score (nSPS) is 13.1. The van der Waals surface area contributed by atoms with Crippen molar-refractivity contribution in [2.24, 2.45) is 5.92 Å². The topological polar surface area (TPSA) is 56.0 Å². The summed E-state index contributed by atoms with van der Waals surface area (Å²) in [5.41, 5.74) is 0. The maximum absolute atomic E-state index is 11.4. The first-order chi connectivity index (χ1) is 7.06. The SMILES string of the molecule is CCCc1noc(C(C(C)=O)C(C)C)n1. The number of aryl methyl sites for hydroxylation is 1. The maximum Gasteiger partial charge on any atom is 0.237 e. The fourth-order valence-electron chi connectivity index (χ4n) is 1.65. The van der Waals surface area contributed by atoms with Crippen LogP contribution in [-0.2, 0) is 11.2 Å². The van der Waals surface area contributed by atoms with Crippen molar-refractivity contribution < 1.29 is 9.32 Å². The maximum atomic E-state index is 11.4. The molecular weight excluding hydrogens is 192 g/mol. The molecule has 1 aromatic heterocycles. The predicted molar refractivity (Wildman–Crippen MR) is 56.6 cm³/mol. The van der Waals surface area contributed by atoms with Gasteiger partial charge in [-0.15, -0.1) is 0 Å². The van der Waals surface area contributed by atoms with Crippen LogP contribution in [0, 0.1) is 5.92 Å². The van der Waals surface area contributed by atoms with Crippen molar-refractivity contribution in [3.63, 3.8) is 0 Å². The zero-order chi connectivity index (χ0) is 11.4. The second-order valence-corrected chi connectivity index (χ2v) is 4.13. The smallest absolute Gasteiger partial charge is 0.237 e. The lowest BCUT2D eigenvalue weighted by atomic mass is 9.92. The van der Waals surface area contributed by atoms with Crippen LogP contribution in [-0.4, -0.2) is 15.9 Å². The number of hydrogen-bond acceptors (Lipinski definition) is 4. The van der Waals surface area contributed by atoms with E-state index in [1.165, 1.54) is 0 Å². The van der Waals surface area contributed by atoms with Gasteiger partial charge < -0.3 is 4.52 Å². The molecule has 1 rings (SSSR count). The standard InChI is InChI=1S/C11H18N2O2/c1-5-6-9-12-11(15-13-9)10(7(2)3)8(4)14/h7,10H,5-6H2,1-4H3. The average Bonchev–Trinajstić information content (AvgIpc) is 2.52. The molecule has 0 aliphatic rings. The van der Waals surface area contributed by atoms with E-state index in [4.69, 9.17) is 4.52 Å². The Morgan fingerprint density at radius 1 is 1.47 bits per heavy atom. The Labute approximate surface area is 90.1 Å². The number of Topliss-reactive ketones (excluding diaryl/α,β-unsaturated/α-hetero) is 1. The molecule has 0 saturated heterocycles. The summed E-state index contributed by atoms with van der Waals surface area (Å²) in [4.78, 5) is 15.7. The Bertz CT molecular complexity index is 331. The quantitative estimate of drug-likeness (QED) is 0.748. The number of hydrogen-bond donors (Lipinski definition) is 0. The Balaban J connectivity index is 2.87. The number of aromatic nitrogens is 2. The lowest BCUT2D eigenvalue weighted by molar-refractivity contribution is -0.119. The molecule has 0 aromatic carbocycles. The van der Waals surface area contributed by atoms with Crippen molar-refractivity contribution in [2.75, 3.05) is 0 Å². The third-order valence-corrected chi connectivity index (χ3v) is 2.33. The van der Waals surface area contributed by atoms with E-state index < -0.39 is 0 Å². The van der Waals surface area contributed by atoms with Crippen molar-refractivity contribution in [1.29, 1.82) is 0 Å². The van der Waals surface area contributed by atoms with Gasteiger partial charge in [-0.1, -0.05) is 25.9 Å². The molecule has 0 aliphatic carbocycles. The summed E-state index contributed by atoms with van der Waals surface area (Å²) in [7, 11) is 0. The fourth-order valence-corrected chi connectivity index (χ4v) is 1.65. The van der Waals surface area contributed by atoms with Gasteiger partial charge in [-0.2, -0.15) is 4.98 Å². The van der Waals surface area contributed by atoms with E-state index in [2.05, 4.69) is 17.1 Å². The van der Waals surface area contributed by atoms with Gasteiger partial charge in [-0.25, -0.2) is 0 Å². The summed E-state index contributed by atoms with van der Waals surface area (Å²) in [5.74, 6) is 1.16. The van der Waals surface area contributed by atoms with E-state index in [-0.39, 0.29) is 17.6 Å². The number of ketones is 1. The Morgan fingerprint density at radius 2 is 2.13 bits per heavy atom. The molecule has 1 aromatic rings. The highest BCUT2D eigenvalue weighted by Gasteiger charge is 2.26. The van der Waals surface area contributed by atoms with E-state index in [0.29, 0.717) is 11.7 Å². The third kappa shape index (κ3) is 2.88. The summed E-state index contributed by atoms with van der Waals surface area (Å²) in [6.07, 6.45) is 1.78. The molecule has 0 N–H and O–H groups in total. The molecule has 1 atom stereocenters. The molecule has 15 heavy (non-hydrogen) atoms. The largest absolute Gasteiger partial charge is 0.339 e. The Kier molecular flexibility index (Phi) is 4.00. The molecule has 0 bridgehead atoms. The molecule has 4 heteroatoms. The fraction of sp³-hybridized carbons (Fsp3) is 0.727. The number of rotatable bonds is 5. The van der Waals surface area contributed by atoms with Gasteiger partial charge in [-0.05, 0) is 19.3 Å². The molecular formula is C11H18N2O2. The minimum atomic E-state index is -0.261. The monoisotopic (exact) mass is 210 g/mol. The van der Waals surface area contributed by atoms with Gasteiger partial charge in [0.1, 0.15) is 5.78 Å². The second-order valence-electron chi connectivity index (χ2n) is 4.13. The first-order valence-corrected chi connectivity index (χ1v) is 5.39. The van der Waals surface area contributed by atoms with Crippen LogP contribution in [0.25, 0.3) is 0 Å². The van der Waals surface area contributed by atoms with E-state index in [1.54, 1.807) is 6.92 Å². The van der Waals surface area contributed by atoms with E-state index >= 15 is 0 Å². The summed E-state index contributed by atoms with van der Waals surface area (Å²) in [6, 6.07) is 0. The van der Waals surface area contributed by atoms with Crippen LogP contribution in [0.4, 0.5) is 0 Å². The zero-order valence-electron chi connectivity index (χ0n) is 9.78. The van der Waals surface area contributed by atoms with Gasteiger partial charge in [0.05, 0.1) is 5.92 Å². The van der Waals surface area contributed by atoms with Crippen molar-refractivity contribution in [3.05, 3.63) is 11.7 Å². The number of carbonyl (C=O) groups excluding carboxylic acids is 1. The average molecular weight is 210 g/mol. The molecule has 84 valence electrons. The van der Waals surface area contributed by atoms with E-state index in [1.807, 2.05) is 13.8 Å². The number of nitrogens with zero attached hydrogens (tertiary/aromatic N) is 2. The van der Waals surface area contributed by atoms with Crippen LogP contribution in [0.15, 0.2) is 4.52 Å². The van der Waals surface area contributed by atoms with Gasteiger partial charge in [0.15, 0.2) is 5.82 Å². The first kappa shape index (κ1) is 11.9. The minimum Gasteiger partial charge on any atom is -0.339 e. The van der Waals surface area contributed by atoms with Gasteiger partial charge in [0.2, 0.25) is 5.89 Å². The van der Waals surface area contributed by atoms with Gasteiger partial charge in [0.25, 0.3) is 0 Å². The molecule has 4 nitrogen and oxygen atoms in total. The van der Waals surface area contributed by atoms with Crippen LogP contribution in [0.2, 0.25) is 0 Å². The summed E-state index contributed by atoms with van der Waals surface area (Å²) < 4.78 is 5.12. The third-order valence-electron chi connectivity index (χ3n) is 2.33. The van der Waals surface area contributed by atoms with Crippen LogP contribution in [0.3, 0.4) is 0 Å². The molecule has 0 amide bonds. The summed E-state index contributed by atoms with van der Waals surface area (Å²) in [6.45, 7) is 7.58. The Hall–Kier alpha value is -1.19. The summed E-state index contributed by atoms with van der Waals surface area (Å²) >= 11 is 0. The van der Waals surface area contributed by atoms with Gasteiger partial charge in [-0.3, -0.25) is 4.79 Å². The molecule has 0 fully saturated rings. The van der Waals surface area contributed by atoms with Crippen LogP contribution >= 0.6 is 0 Å². The van der Waals surface area contributed by atoms with Crippen molar-refractivity contribution in [2.45, 2.75) is 46.5 Å². The minimum absolute atomic E-state index is 0.0803. The summed E-state index contributed by atoms with van der Waals surface area (Å²) in [5, 5.41) is 3.85. The van der Waals surface area contributed by atoms with Crippen molar-refractivity contribution in [1.82, 2.24) is 10.1 Å². The molecule has 0 aliphatic heterocycles. The zero-order valence-corrected chi connectivity index (χ0v) is 9.78. The molecule has 0 saturated carbocycles. The predicted octanol–water partition coefficient (Wildman–Crippen LogP) is 2.35. The van der Waals surface area contributed by atoms with Gasteiger partial charge >= 0.3 is 0 Å². The van der Waals surface area contributed by atoms with Crippen LogP contribution in [0.1, 0.15) is 51.7 Å². The highest BCUT2D eigenvalue weighted by molar-refractivity contribution is 5.82. The van der Waals surface area contributed by atoms with Crippen molar-refractivity contribution in [3.8, 4) is 0 Å². The van der Waals surface area contributed by atoms with E-state index in [9.17, 15) is 4.79 Å². The van der Waals surface area contributed by atoms with E-state index in [0.717, 1.165) is 12.8 Å². The van der Waals surface area contributed by atoms with Gasteiger partial charge in [0, 0.05) is 6.42 Å². The van der Waals surface area contributed by atoms with Crippen LogP contribution in [0.5, 0.6) is 0 Å². The molecule has 1 unspecified atom stereocenters. The molecule has 0 spiro atoms. The molecule has 1 heterocycles. The first-order valence-electron chi connectivity index (χ1n) is 5.39. The Morgan fingerprint density at radius 3 is 2.60 bits per heavy atom. The lowest BCUT2D eigenvalue weighted by Crippen LogP contribution is -2.15.